The minimum absolute atomic E-state index is 0.236. The summed E-state index contributed by atoms with van der Waals surface area (Å²) in [6.07, 6.45) is 3.34. The molecule has 18 heavy (non-hydrogen) atoms. The van der Waals surface area contributed by atoms with E-state index in [2.05, 4.69) is 9.97 Å². The molecule has 4 heteroatoms. The number of rotatable bonds is 1. The Labute approximate surface area is 106 Å². The lowest BCUT2D eigenvalue weighted by Gasteiger charge is -1.94. The molecule has 0 amide bonds. The molecular weight excluding hydrogens is 234 g/mol. The summed E-state index contributed by atoms with van der Waals surface area (Å²) in [6, 6.07) is 4.83. The first-order valence-electron chi connectivity index (χ1n) is 5.72. The molecule has 0 unspecified atom stereocenters. The van der Waals surface area contributed by atoms with Gasteiger partial charge in [-0.15, -0.1) is 0 Å². The smallest absolute Gasteiger partial charge is 0.144 e. The molecule has 0 aromatic carbocycles. The van der Waals surface area contributed by atoms with Crippen molar-refractivity contribution in [3.8, 4) is 0 Å². The van der Waals surface area contributed by atoms with Crippen LogP contribution in [0.2, 0.25) is 0 Å². The summed E-state index contributed by atoms with van der Waals surface area (Å²) in [5, 5.41) is 0. The lowest BCUT2D eigenvalue weighted by molar-refractivity contribution is 0.610. The molecule has 2 heterocycles. The number of aryl methyl sites for hydroxylation is 3. The Hall–Kier alpha value is -1.84. The Morgan fingerprint density at radius 3 is 2.22 bits per heavy atom. The molecule has 2 aromatic rings. The highest BCUT2D eigenvalue weighted by atomic mass is 19.1. The van der Waals surface area contributed by atoms with E-state index >= 15 is 0 Å². The lowest BCUT2D eigenvalue weighted by Crippen LogP contribution is -1.86. The van der Waals surface area contributed by atoms with Crippen molar-refractivity contribution < 1.29 is 8.78 Å². The molecule has 0 spiro atoms. The highest BCUT2D eigenvalue weighted by Crippen LogP contribution is 2.03. The zero-order valence-electron chi connectivity index (χ0n) is 10.7. The van der Waals surface area contributed by atoms with Crippen molar-refractivity contribution in [3.05, 3.63) is 59.2 Å². The van der Waals surface area contributed by atoms with Crippen molar-refractivity contribution >= 4 is 0 Å². The van der Waals surface area contributed by atoms with Crippen molar-refractivity contribution in [1.82, 2.24) is 9.97 Å². The second-order valence-electron chi connectivity index (χ2n) is 3.90. The fraction of sp³-hybridized carbons (Fsp3) is 0.286. The first-order valence-corrected chi connectivity index (χ1v) is 5.72. The van der Waals surface area contributed by atoms with Crippen LogP contribution in [0.5, 0.6) is 0 Å². The number of nitrogens with zero attached hydrogens (tertiary/aromatic N) is 2. The maximum atomic E-state index is 12.4. The Morgan fingerprint density at radius 2 is 1.78 bits per heavy atom. The van der Waals surface area contributed by atoms with Crippen LogP contribution in [0.3, 0.4) is 0 Å². The number of halogens is 2. The highest BCUT2D eigenvalue weighted by Gasteiger charge is 1.94. The third kappa shape index (κ3) is 4.57. The van der Waals surface area contributed by atoms with Crippen molar-refractivity contribution in [1.29, 1.82) is 0 Å². The summed E-state index contributed by atoms with van der Waals surface area (Å²) >= 11 is 0. The number of hydrogen-bond acceptors (Lipinski definition) is 2. The fourth-order valence-corrected chi connectivity index (χ4v) is 1.30. The Balaban J connectivity index is 0.000000180. The van der Waals surface area contributed by atoms with E-state index < -0.39 is 0 Å². The Kier molecular flexibility index (Phi) is 5.36. The summed E-state index contributed by atoms with van der Waals surface area (Å²) in [5.41, 5.74) is 2.44. The van der Waals surface area contributed by atoms with Gasteiger partial charge in [0.25, 0.3) is 0 Å². The van der Waals surface area contributed by atoms with Crippen LogP contribution in [-0.2, 0) is 6.42 Å². The fourth-order valence-electron chi connectivity index (χ4n) is 1.30. The van der Waals surface area contributed by atoms with Crippen molar-refractivity contribution in [3.63, 3.8) is 0 Å². The first-order chi connectivity index (χ1) is 8.52. The molecule has 2 nitrogen and oxygen atoms in total. The predicted octanol–water partition coefficient (Wildman–Crippen LogP) is 3.62. The van der Waals surface area contributed by atoms with Gasteiger partial charge in [0.1, 0.15) is 11.6 Å². The molecule has 0 saturated carbocycles. The zero-order chi connectivity index (χ0) is 13.5. The molecule has 2 rings (SSSR count). The summed E-state index contributed by atoms with van der Waals surface area (Å²) in [5.74, 6) is -0.507. The van der Waals surface area contributed by atoms with Crippen LogP contribution in [-0.4, -0.2) is 9.97 Å². The first kappa shape index (κ1) is 14.2. The summed E-state index contributed by atoms with van der Waals surface area (Å²) < 4.78 is 24.6. The van der Waals surface area contributed by atoms with Gasteiger partial charge in [-0.25, -0.2) is 8.78 Å². The van der Waals surface area contributed by atoms with E-state index in [1.807, 2.05) is 13.8 Å². The summed E-state index contributed by atoms with van der Waals surface area (Å²) in [4.78, 5) is 7.59. The number of aromatic nitrogens is 2. The van der Waals surface area contributed by atoms with Crippen molar-refractivity contribution in [2.24, 2.45) is 0 Å². The van der Waals surface area contributed by atoms with Gasteiger partial charge in [0.15, 0.2) is 0 Å². The average Bonchev–Trinajstić information content (AvgIpc) is 2.36. The van der Waals surface area contributed by atoms with Crippen LogP contribution in [0.15, 0.2) is 30.6 Å². The van der Waals surface area contributed by atoms with Gasteiger partial charge in [0.2, 0.25) is 0 Å². The van der Waals surface area contributed by atoms with E-state index in [9.17, 15) is 8.78 Å². The zero-order valence-corrected chi connectivity index (χ0v) is 10.7. The number of hydrogen-bond donors (Lipinski definition) is 0. The topological polar surface area (TPSA) is 25.8 Å². The van der Waals surface area contributed by atoms with Crippen LogP contribution < -0.4 is 0 Å². The predicted molar refractivity (Wildman–Crippen MR) is 67.2 cm³/mol. The largest absolute Gasteiger partial charge is 0.259 e. The van der Waals surface area contributed by atoms with Gasteiger partial charge in [-0.3, -0.25) is 9.97 Å². The van der Waals surface area contributed by atoms with Gasteiger partial charge < -0.3 is 0 Å². The van der Waals surface area contributed by atoms with Crippen LogP contribution in [0.25, 0.3) is 0 Å². The molecule has 0 bridgehead atoms. The quantitative estimate of drug-likeness (QED) is 0.772. The third-order valence-electron chi connectivity index (χ3n) is 2.33. The molecule has 0 fully saturated rings. The molecule has 0 aliphatic carbocycles. The van der Waals surface area contributed by atoms with E-state index in [1.54, 1.807) is 19.1 Å². The second kappa shape index (κ2) is 6.79. The molecule has 0 aliphatic heterocycles. The maximum Gasteiger partial charge on any atom is 0.144 e. The Morgan fingerprint density at radius 1 is 1.06 bits per heavy atom. The van der Waals surface area contributed by atoms with Gasteiger partial charge in [0.05, 0.1) is 12.4 Å². The lowest BCUT2D eigenvalue weighted by atomic mass is 10.2. The minimum atomic E-state index is -0.271. The van der Waals surface area contributed by atoms with E-state index in [-0.39, 0.29) is 11.6 Å². The molecular formula is C14H16F2N2. The SMILES string of the molecule is CCc1ccc(F)cn1.Cc1cc(C)c(F)cn1. The molecule has 0 N–H and O–H groups in total. The maximum absolute atomic E-state index is 12.4. The van der Waals surface area contributed by atoms with Crippen LogP contribution in [0, 0.1) is 25.5 Å². The van der Waals surface area contributed by atoms with Crippen LogP contribution in [0.1, 0.15) is 23.9 Å². The third-order valence-corrected chi connectivity index (χ3v) is 2.33. The minimum Gasteiger partial charge on any atom is -0.259 e. The van der Waals surface area contributed by atoms with Gasteiger partial charge in [-0.1, -0.05) is 6.92 Å². The Bertz CT molecular complexity index is 496. The highest BCUT2D eigenvalue weighted by molar-refractivity contribution is 5.14. The average molecular weight is 250 g/mol. The van der Waals surface area contributed by atoms with E-state index in [1.165, 1.54) is 18.5 Å². The standard InChI is InChI=1S/2C7H8FN/c1-5-3-6(2)9-4-7(5)8;1-2-7-4-3-6(8)5-9-7/h3-4H,1-2H3;3-5H,2H2,1H3. The van der Waals surface area contributed by atoms with Gasteiger partial charge in [-0.05, 0) is 44.0 Å². The van der Waals surface area contributed by atoms with Crippen LogP contribution in [0.4, 0.5) is 8.78 Å². The van der Waals surface area contributed by atoms with Gasteiger partial charge in [0, 0.05) is 11.4 Å². The number of pyridine rings is 2. The second-order valence-corrected chi connectivity index (χ2v) is 3.90. The molecule has 2 aromatic heterocycles. The van der Waals surface area contributed by atoms with Gasteiger partial charge in [-0.2, -0.15) is 0 Å². The monoisotopic (exact) mass is 250 g/mol. The molecule has 0 aliphatic rings. The van der Waals surface area contributed by atoms with Crippen LogP contribution >= 0.6 is 0 Å². The molecule has 0 atom stereocenters. The van der Waals surface area contributed by atoms with E-state index in [0.717, 1.165) is 17.8 Å². The normalized spacial score (nSPS) is 9.61. The van der Waals surface area contributed by atoms with Crippen molar-refractivity contribution in [2.75, 3.05) is 0 Å². The van der Waals surface area contributed by atoms with E-state index in [0.29, 0.717) is 5.56 Å². The summed E-state index contributed by atoms with van der Waals surface area (Å²) in [6.45, 7) is 5.55. The van der Waals surface area contributed by atoms with E-state index in [4.69, 9.17) is 0 Å². The molecule has 0 saturated heterocycles. The van der Waals surface area contributed by atoms with Crippen molar-refractivity contribution in [2.45, 2.75) is 27.2 Å². The summed E-state index contributed by atoms with van der Waals surface area (Å²) in [7, 11) is 0. The molecule has 96 valence electrons. The van der Waals surface area contributed by atoms with Gasteiger partial charge >= 0.3 is 0 Å². The molecule has 0 radical (unpaired) electrons.